The lowest BCUT2D eigenvalue weighted by Gasteiger charge is -2.08. The highest BCUT2D eigenvalue weighted by atomic mass is 35.5. The van der Waals surface area contributed by atoms with Crippen molar-refractivity contribution in [1.29, 1.82) is 0 Å². The molecule has 0 saturated carbocycles. The predicted octanol–water partition coefficient (Wildman–Crippen LogP) is 7.21. The Balaban J connectivity index is 1.46. The van der Waals surface area contributed by atoms with Crippen LogP contribution in [-0.2, 0) is 0 Å². The van der Waals surface area contributed by atoms with Crippen LogP contribution in [0, 0.1) is 0 Å². The smallest absolute Gasteiger partial charge is 0.256 e. The number of halogens is 2. The van der Waals surface area contributed by atoms with Crippen molar-refractivity contribution in [3.63, 3.8) is 0 Å². The molecule has 0 bridgehead atoms. The zero-order valence-electron chi connectivity index (χ0n) is 15.5. The van der Waals surface area contributed by atoms with E-state index in [0.29, 0.717) is 38.3 Å². The number of rotatable bonds is 3. The van der Waals surface area contributed by atoms with Gasteiger partial charge in [0.1, 0.15) is 5.52 Å². The van der Waals surface area contributed by atoms with Crippen LogP contribution in [0.1, 0.15) is 10.4 Å². The van der Waals surface area contributed by atoms with Crippen LogP contribution in [0.25, 0.3) is 33.3 Å². The quantitative estimate of drug-likeness (QED) is 0.327. The Bertz CT molecular complexity index is 1420. The zero-order valence-corrected chi connectivity index (χ0v) is 17.0. The molecule has 1 amide bonds. The van der Waals surface area contributed by atoms with Crippen LogP contribution in [0.5, 0.6) is 0 Å². The standard InChI is InChI=1S/C24H14Cl2N2O2/c25-19-10-8-15(12-20(19)26)24-28-21-13-16(9-11-22(21)30-24)27-23(29)18-7-3-5-14-4-1-2-6-17(14)18/h1-13H,(H,27,29). The van der Waals surface area contributed by atoms with Gasteiger partial charge in [0.2, 0.25) is 5.89 Å². The van der Waals surface area contributed by atoms with E-state index in [0.717, 1.165) is 16.3 Å². The number of fused-ring (bicyclic) bond motifs is 2. The van der Waals surface area contributed by atoms with Crippen LogP contribution in [0.4, 0.5) is 5.69 Å². The maximum Gasteiger partial charge on any atom is 0.256 e. The summed E-state index contributed by atoms with van der Waals surface area (Å²) in [4.78, 5) is 17.4. The molecule has 1 heterocycles. The minimum atomic E-state index is -0.181. The first-order valence-corrected chi connectivity index (χ1v) is 9.99. The highest BCUT2D eigenvalue weighted by Crippen LogP contribution is 2.31. The Kier molecular flexibility index (Phi) is 4.66. The van der Waals surface area contributed by atoms with Crippen LogP contribution in [-0.4, -0.2) is 10.9 Å². The summed E-state index contributed by atoms with van der Waals surface area (Å²) in [5, 5.41) is 5.77. The summed E-state index contributed by atoms with van der Waals surface area (Å²) < 4.78 is 5.83. The van der Waals surface area contributed by atoms with Crippen molar-refractivity contribution >= 4 is 56.7 Å². The summed E-state index contributed by atoms with van der Waals surface area (Å²) in [5.74, 6) is 0.250. The molecular weight excluding hydrogens is 419 g/mol. The fourth-order valence-electron chi connectivity index (χ4n) is 3.38. The number of amides is 1. The summed E-state index contributed by atoms with van der Waals surface area (Å²) in [7, 11) is 0. The highest BCUT2D eigenvalue weighted by molar-refractivity contribution is 6.42. The molecule has 0 atom stereocenters. The Morgan fingerprint density at radius 1 is 0.867 bits per heavy atom. The van der Waals surface area contributed by atoms with Crippen molar-refractivity contribution in [1.82, 2.24) is 4.98 Å². The summed E-state index contributed by atoms with van der Waals surface area (Å²) in [5.41, 5.74) is 3.22. The molecular formula is C24H14Cl2N2O2. The van der Waals surface area contributed by atoms with Gasteiger partial charge in [-0.25, -0.2) is 4.98 Å². The Morgan fingerprint density at radius 2 is 1.70 bits per heavy atom. The number of benzene rings is 4. The topological polar surface area (TPSA) is 55.1 Å². The SMILES string of the molecule is O=C(Nc1ccc2oc(-c3ccc(Cl)c(Cl)c3)nc2c1)c1cccc2ccccc12. The van der Waals surface area contributed by atoms with Crippen LogP contribution in [0.3, 0.4) is 0 Å². The van der Waals surface area contributed by atoms with Gasteiger partial charge in [0.25, 0.3) is 5.91 Å². The monoisotopic (exact) mass is 432 g/mol. The molecule has 4 aromatic carbocycles. The van der Waals surface area contributed by atoms with E-state index in [1.54, 1.807) is 36.4 Å². The number of carbonyl (C=O) groups is 1. The summed E-state index contributed by atoms with van der Waals surface area (Å²) in [6.07, 6.45) is 0. The third-order valence-electron chi connectivity index (χ3n) is 4.85. The van der Waals surface area contributed by atoms with Gasteiger partial charge in [-0.05, 0) is 53.2 Å². The number of hydrogen-bond acceptors (Lipinski definition) is 3. The van der Waals surface area contributed by atoms with E-state index in [1.807, 2.05) is 42.5 Å². The van der Waals surface area contributed by atoms with Gasteiger partial charge in [-0.2, -0.15) is 0 Å². The number of nitrogens with zero attached hydrogens (tertiary/aromatic N) is 1. The molecule has 0 fully saturated rings. The van der Waals surface area contributed by atoms with Crippen molar-refractivity contribution in [2.75, 3.05) is 5.32 Å². The molecule has 146 valence electrons. The van der Waals surface area contributed by atoms with Crippen molar-refractivity contribution < 1.29 is 9.21 Å². The Hall–Kier alpha value is -3.34. The zero-order chi connectivity index (χ0) is 20.7. The van der Waals surface area contributed by atoms with Gasteiger partial charge in [0.15, 0.2) is 5.58 Å². The number of hydrogen-bond donors (Lipinski definition) is 1. The van der Waals surface area contributed by atoms with Crippen molar-refractivity contribution in [3.05, 3.63) is 94.5 Å². The first-order valence-electron chi connectivity index (χ1n) is 9.23. The molecule has 0 aliphatic heterocycles. The average Bonchev–Trinajstić information content (AvgIpc) is 3.18. The molecule has 0 aliphatic rings. The average molecular weight is 433 g/mol. The fourth-order valence-corrected chi connectivity index (χ4v) is 3.68. The van der Waals surface area contributed by atoms with Gasteiger partial charge in [0, 0.05) is 16.8 Å². The lowest BCUT2D eigenvalue weighted by atomic mass is 10.0. The molecule has 6 heteroatoms. The predicted molar refractivity (Wildman–Crippen MR) is 121 cm³/mol. The third-order valence-corrected chi connectivity index (χ3v) is 5.59. The second kappa shape index (κ2) is 7.48. The van der Waals surface area contributed by atoms with Crippen molar-refractivity contribution in [2.45, 2.75) is 0 Å². The molecule has 0 aliphatic carbocycles. The summed E-state index contributed by atoms with van der Waals surface area (Å²) >= 11 is 12.1. The van der Waals surface area contributed by atoms with E-state index in [2.05, 4.69) is 10.3 Å². The number of nitrogens with one attached hydrogen (secondary N) is 1. The minimum Gasteiger partial charge on any atom is -0.436 e. The van der Waals surface area contributed by atoms with Gasteiger partial charge in [0.05, 0.1) is 10.0 Å². The first kappa shape index (κ1) is 18.7. The number of aromatic nitrogens is 1. The molecule has 0 radical (unpaired) electrons. The Morgan fingerprint density at radius 3 is 2.57 bits per heavy atom. The second-order valence-electron chi connectivity index (χ2n) is 6.81. The molecule has 4 nitrogen and oxygen atoms in total. The van der Waals surface area contributed by atoms with Gasteiger partial charge in [-0.3, -0.25) is 4.79 Å². The van der Waals surface area contributed by atoms with Gasteiger partial charge >= 0.3 is 0 Å². The lowest BCUT2D eigenvalue weighted by Crippen LogP contribution is -2.12. The summed E-state index contributed by atoms with van der Waals surface area (Å²) in [6, 6.07) is 24.0. The van der Waals surface area contributed by atoms with Crippen molar-refractivity contribution in [2.24, 2.45) is 0 Å². The molecule has 30 heavy (non-hydrogen) atoms. The second-order valence-corrected chi connectivity index (χ2v) is 7.63. The molecule has 1 aromatic heterocycles. The molecule has 0 saturated heterocycles. The minimum absolute atomic E-state index is 0.181. The molecule has 1 N–H and O–H groups in total. The first-order chi connectivity index (χ1) is 14.6. The van der Waals surface area contributed by atoms with Gasteiger partial charge in [-0.15, -0.1) is 0 Å². The van der Waals surface area contributed by atoms with E-state index in [9.17, 15) is 4.79 Å². The normalized spacial score (nSPS) is 11.1. The number of anilines is 1. The highest BCUT2D eigenvalue weighted by Gasteiger charge is 2.13. The summed E-state index contributed by atoms with van der Waals surface area (Å²) in [6.45, 7) is 0. The number of oxazole rings is 1. The van der Waals surface area contributed by atoms with Crippen molar-refractivity contribution in [3.8, 4) is 11.5 Å². The van der Waals surface area contributed by atoms with E-state index < -0.39 is 0 Å². The van der Waals surface area contributed by atoms with Gasteiger partial charge < -0.3 is 9.73 Å². The molecule has 5 rings (SSSR count). The van der Waals surface area contributed by atoms with E-state index >= 15 is 0 Å². The van der Waals surface area contributed by atoms with E-state index in [-0.39, 0.29) is 5.91 Å². The maximum absolute atomic E-state index is 12.9. The van der Waals surface area contributed by atoms with E-state index in [4.69, 9.17) is 27.6 Å². The van der Waals surface area contributed by atoms with Gasteiger partial charge in [-0.1, -0.05) is 59.6 Å². The van der Waals surface area contributed by atoms with E-state index in [1.165, 1.54) is 0 Å². The third kappa shape index (κ3) is 3.41. The van der Waals surface area contributed by atoms with Crippen LogP contribution in [0.2, 0.25) is 10.0 Å². The maximum atomic E-state index is 12.9. The largest absolute Gasteiger partial charge is 0.436 e. The fraction of sp³-hybridized carbons (Fsp3) is 0. The van der Waals surface area contributed by atoms with Crippen LogP contribution in [0.15, 0.2) is 83.3 Å². The van der Waals surface area contributed by atoms with Crippen LogP contribution >= 0.6 is 23.2 Å². The molecule has 0 spiro atoms. The Labute approximate surface area is 182 Å². The molecule has 0 unspecified atom stereocenters. The lowest BCUT2D eigenvalue weighted by molar-refractivity contribution is 0.102. The number of carbonyl (C=O) groups excluding carboxylic acids is 1. The molecule has 5 aromatic rings. The van der Waals surface area contributed by atoms with Crippen LogP contribution < -0.4 is 5.32 Å².